The van der Waals surface area contributed by atoms with Crippen LogP contribution in [0.25, 0.3) is 0 Å². The number of hydrogen-bond acceptors (Lipinski definition) is 5. The third-order valence-electron chi connectivity index (χ3n) is 2.27. The second kappa shape index (κ2) is 4.87. The number of rotatable bonds is 3. The van der Waals surface area contributed by atoms with Gasteiger partial charge in [-0.2, -0.15) is 5.26 Å². The third-order valence-corrected chi connectivity index (χ3v) is 2.27. The largest absolute Gasteiger partial charge is 0.497 e. The van der Waals surface area contributed by atoms with Crippen molar-refractivity contribution in [2.45, 2.75) is 31.6 Å². The van der Waals surface area contributed by atoms with E-state index in [2.05, 4.69) is 0 Å². The SMILES string of the molecule is CCOC(=O)[C@H]1C[C@@H](O)CB1OC#N. The lowest BCUT2D eigenvalue weighted by Gasteiger charge is -2.11. The minimum absolute atomic E-state index is 0.296. The average molecular weight is 197 g/mol. The molecular formula is C8H12BNO4. The molecule has 0 bridgehead atoms. The molecule has 6 heteroatoms. The van der Waals surface area contributed by atoms with Gasteiger partial charge in [0.15, 0.2) is 0 Å². The van der Waals surface area contributed by atoms with Crippen molar-refractivity contribution in [3.8, 4) is 6.26 Å². The normalized spacial score (nSPS) is 25.6. The highest BCUT2D eigenvalue weighted by atomic mass is 16.5. The Bertz CT molecular complexity index is 252. The molecule has 2 atom stereocenters. The van der Waals surface area contributed by atoms with Crippen LogP contribution in [0.15, 0.2) is 0 Å². The number of esters is 1. The zero-order valence-corrected chi connectivity index (χ0v) is 7.97. The van der Waals surface area contributed by atoms with Gasteiger partial charge in [0.05, 0.1) is 18.5 Å². The molecule has 1 heterocycles. The summed E-state index contributed by atoms with van der Waals surface area (Å²) >= 11 is 0. The van der Waals surface area contributed by atoms with Crippen molar-refractivity contribution in [2.24, 2.45) is 0 Å². The van der Waals surface area contributed by atoms with Crippen molar-refractivity contribution in [2.75, 3.05) is 6.61 Å². The number of carbonyl (C=O) groups excluding carboxylic acids is 1. The molecule has 1 rings (SSSR count). The molecule has 5 nitrogen and oxygen atoms in total. The average Bonchev–Trinajstić information content (AvgIpc) is 2.48. The van der Waals surface area contributed by atoms with Crippen LogP contribution >= 0.6 is 0 Å². The highest BCUT2D eigenvalue weighted by Crippen LogP contribution is 2.32. The van der Waals surface area contributed by atoms with Gasteiger partial charge in [-0.1, -0.05) is 0 Å². The molecular weight excluding hydrogens is 185 g/mol. The van der Waals surface area contributed by atoms with E-state index in [1.54, 1.807) is 6.92 Å². The van der Waals surface area contributed by atoms with Gasteiger partial charge >= 0.3 is 12.9 Å². The van der Waals surface area contributed by atoms with E-state index in [0.29, 0.717) is 19.3 Å². The van der Waals surface area contributed by atoms with Crippen molar-refractivity contribution in [1.29, 1.82) is 5.26 Å². The Morgan fingerprint density at radius 2 is 2.50 bits per heavy atom. The molecule has 1 aliphatic rings. The van der Waals surface area contributed by atoms with Crippen molar-refractivity contribution >= 4 is 12.9 Å². The molecule has 0 aromatic carbocycles. The monoisotopic (exact) mass is 197 g/mol. The molecule has 0 aliphatic carbocycles. The smallest absolute Gasteiger partial charge is 0.390 e. The summed E-state index contributed by atoms with van der Waals surface area (Å²) in [5.41, 5.74) is 0. The van der Waals surface area contributed by atoms with Crippen LogP contribution in [0.3, 0.4) is 0 Å². The second-order valence-corrected chi connectivity index (χ2v) is 3.23. The predicted octanol–water partition coefficient (Wildman–Crippen LogP) is 0.173. The molecule has 0 radical (unpaired) electrons. The molecule has 1 saturated heterocycles. The topological polar surface area (TPSA) is 79.6 Å². The third kappa shape index (κ3) is 2.39. The lowest BCUT2D eigenvalue weighted by Crippen LogP contribution is -2.25. The fraction of sp³-hybridized carbons (Fsp3) is 0.750. The first-order valence-corrected chi connectivity index (χ1v) is 4.58. The van der Waals surface area contributed by atoms with Gasteiger partial charge in [-0.05, 0) is 19.7 Å². The highest BCUT2D eigenvalue weighted by molar-refractivity contribution is 6.59. The minimum atomic E-state index is -0.581. The maximum Gasteiger partial charge on any atom is 0.390 e. The van der Waals surface area contributed by atoms with E-state index in [-0.39, 0.29) is 0 Å². The Balaban J connectivity index is 2.57. The van der Waals surface area contributed by atoms with E-state index >= 15 is 0 Å². The molecule has 0 aromatic rings. The first-order chi connectivity index (χ1) is 6.69. The van der Waals surface area contributed by atoms with Gasteiger partial charge in [0.2, 0.25) is 0 Å². The molecule has 1 N–H and O–H groups in total. The number of ether oxygens (including phenoxy) is 1. The van der Waals surface area contributed by atoms with Crippen molar-refractivity contribution in [3.05, 3.63) is 0 Å². The Morgan fingerprint density at radius 1 is 1.79 bits per heavy atom. The molecule has 1 fully saturated rings. The van der Waals surface area contributed by atoms with Gasteiger partial charge in [0.25, 0.3) is 6.26 Å². The van der Waals surface area contributed by atoms with E-state index in [0.717, 1.165) is 0 Å². The summed E-state index contributed by atoms with van der Waals surface area (Å²) in [5, 5.41) is 17.7. The molecule has 1 aliphatic heterocycles. The lowest BCUT2D eigenvalue weighted by molar-refractivity contribution is -0.143. The molecule has 0 saturated carbocycles. The van der Waals surface area contributed by atoms with Crippen LogP contribution in [-0.4, -0.2) is 30.7 Å². The van der Waals surface area contributed by atoms with Crippen LogP contribution < -0.4 is 0 Å². The summed E-state index contributed by atoms with van der Waals surface area (Å²) in [6, 6.07) is 0. The van der Waals surface area contributed by atoms with E-state index in [1.807, 2.05) is 0 Å². The number of hydrogen-bond donors (Lipinski definition) is 1. The molecule has 0 spiro atoms. The minimum Gasteiger partial charge on any atom is -0.497 e. The number of aliphatic hydroxyl groups excluding tert-OH is 1. The number of carbonyl (C=O) groups is 1. The summed E-state index contributed by atoms with van der Waals surface area (Å²) in [4.78, 5) is 11.4. The molecule has 0 aromatic heterocycles. The quantitative estimate of drug-likeness (QED) is 0.396. The zero-order valence-electron chi connectivity index (χ0n) is 7.97. The van der Waals surface area contributed by atoms with Crippen LogP contribution in [0, 0.1) is 11.5 Å². The first kappa shape index (κ1) is 10.9. The van der Waals surface area contributed by atoms with Crippen molar-refractivity contribution < 1.29 is 19.3 Å². The van der Waals surface area contributed by atoms with E-state index in [1.165, 1.54) is 6.26 Å². The van der Waals surface area contributed by atoms with Gasteiger partial charge in [-0.3, -0.25) is 4.79 Å². The van der Waals surface area contributed by atoms with Crippen molar-refractivity contribution in [3.63, 3.8) is 0 Å². The molecule has 0 unspecified atom stereocenters. The summed E-state index contributed by atoms with van der Waals surface area (Å²) < 4.78 is 9.51. The first-order valence-electron chi connectivity index (χ1n) is 4.58. The summed E-state index contributed by atoms with van der Waals surface area (Å²) in [6.07, 6.45) is 1.58. The van der Waals surface area contributed by atoms with Crippen LogP contribution in [0.5, 0.6) is 0 Å². The summed E-state index contributed by atoms with van der Waals surface area (Å²) in [7, 11) is 0. The van der Waals surface area contributed by atoms with Crippen molar-refractivity contribution in [1.82, 2.24) is 0 Å². The Morgan fingerprint density at radius 3 is 3.07 bits per heavy atom. The van der Waals surface area contributed by atoms with E-state index in [9.17, 15) is 9.90 Å². The van der Waals surface area contributed by atoms with Crippen LogP contribution in [0.1, 0.15) is 13.3 Å². The van der Waals surface area contributed by atoms with Crippen LogP contribution in [0.2, 0.25) is 12.1 Å². The number of nitrogens with zero attached hydrogens (tertiary/aromatic N) is 1. The van der Waals surface area contributed by atoms with Gasteiger partial charge in [-0.15, -0.1) is 0 Å². The molecule has 76 valence electrons. The predicted molar refractivity (Wildman–Crippen MR) is 48.3 cm³/mol. The lowest BCUT2D eigenvalue weighted by atomic mass is 9.58. The number of nitriles is 1. The maximum atomic E-state index is 11.4. The number of aliphatic hydroxyl groups is 1. The van der Waals surface area contributed by atoms with Gasteiger partial charge < -0.3 is 14.5 Å². The maximum absolute atomic E-state index is 11.4. The van der Waals surface area contributed by atoms with Crippen LogP contribution in [-0.2, 0) is 14.2 Å². The van der Waals surface area contributed by atoms with E-state index < -0.39 is 24.8 Å². The van der Waals surface area contributed by atoms with E-state index in [4.69, 9.17) is 14.7 Å². The zero-order chi connectivity index (χ0) is 10.6. The Labute approximate surface area is 82.7 Å². The standard InChI is InChI=1S/C8H12BNO4/c1-2-13-8(12)7-3-6(11)4-9(7)14-5-10/h6-7,11H,2-4H2,1H3/t6-,7-/m1/s1. The fourth-order valence-corrected chi connectivity index (χ4v) is 1.67. The Hall–Kier alpha value is -1.22. The summed E-state index contributed by atoms with van der Waals surface area (Å²) in [5.74, 6) is -0.908. The van der Waals surface area contributed by atoms with Crippen LogP contribution in [0.4, 0.5) is 0 Å². The Kier molecular flexibility index (Phi) is 3.78. The summed E-state index contributed by atoms with van der Waals surface area (Å²) in [6.45, 7) is 1.47. The van der Waals surface area contributed by atoms with Gasteiger partial charge in [-0.25, -0.2) is 0 Å². The van der Waals surface area contributed by atoms with Gasteiger partial charge in [0.1, 0.15) is 0 Å². The fourth-order valence-electron chi connectivity index (χ4n) is 1.67. The van der Waals surface area contributed by atoms with Gasteiger partial charge in [0, 0.05) is 0 Å². The molecule has 0 amide bonds. The highest BCUT2D eigenvalue weighted by Gasteiger charge is 2.45. The molecule has 14 heavy (non-hydrogen) atoms. The second-order valence-electron chi connectivity index (χ2n) is 3.23.